The molecule has 1 fully saturated rings. The van der Waals surface area contributed by atoms with Crippen molar-refractivity contribution in [3.63, 3.8) is 0 Å². The summed E-state index contributed by atoms with van der Waals surface area (Å²) < 4.78 is 5.36. The summed E-state index contributed by atoms with van der Waals surface area (Å²) in [6.45, 7) is 2.57. The first-order chi connectivity index (χ1) is 12.1. The van der Waals surface area contributed by atoms with Gasteiger partial charge in [0.1, 0.15) is 12.3 Å². The van der Waals surface area contributed by atoms with Gasteiger partial charge in [0, 0.05) is 19.0 Å². The number of anilines is 1. The minimum atomic E-state index is -0.0773. The van der Waals surface area contributed by atoms with Gasteiger partial charge in [-0.3, -0.25) is 9.59 Å². The quantitative estimate of drug-likeness (QED) is 0.826. The standard InChI is InChI=1S/C19H22N2O3S/c1-14-11-21(16-5-3-4-6-17(16)24-2)19(23)12-20(14)18(22)8-7-15-9-10-25-13-15/h3-6,9-10,13-14H,7-8,11-12H2,1-2H3/t14-/m0/s1. The summed E-state index contributed by atoms with van der Waals surface area (Å²) in [6.07, 6.45) is 1.15. The minimum absolute atomic E-state index is 0.0300. The molecule has 0 aliphatic carbocycles. The normalized spacial score (nSPS) is 17.7. The molecule has 25 heavy (non-hydrogen) atoms. The van der Waals surface area contributed by atoms with E-state index in [0.29, 0.717) is 18.7 Å². The summed E-state index contributed by atoms with van der Waals surface area (Å²) in [6, 6.07) is 9.47. The molecule has 0 N–H and O–H groups in total. The topological polar surface area (TPSA) is 49.9 Å². The van der Waals surface area contributed by atoms with Crippen molar-refractivity contribution in [3.05, 3.63) is 46.7 Å². The average Bonchev–Trinajstić information content (AvgIpc) is 3.15. The van der Waals surface area contributed by atoms with Crippen LogP contribution in [0.4, 0.5) is 5.69 Å². The fourth-order valence-corrected chi connectivity index (χ4v) is 3.80. The molecular weight excluding hydrogens is 336 g/mol. The zero-order valence-electron chi connectivity index (χ0n) is 14.5. The molecule has 1 aromatic heterocycles. The highest BCUT2D eigenvalue weighted by Gasteiger charge is 2.33. The third-order valence-electron chi connectivity index (χ3n) is 4.49. The van der Waals surface area contributed by atoms with Crippen LogP contribution in [0.3, 0.4) is 0 Å². The Bertz CT molecular complexity index is 745. The van der Waals surface area contributed by atoms with Crippen LogP contribution in [0.25, 0.3) is 0 Å². The van der Waals surface area contributed by atoms with Gasteiger partial charge in [0.2, 0.25) is 11.8 Å². The van der Waals surface area contributed by atoms with Crippen LogP contribution in [0, 0.1) is 0 Å². The number of nitrogens with zero attached hydrogens (tertiary/aromatic N) is 2. The van der Waals surface area contributed by atoms with Crippen molar-refractivity contribution in [3.8, 4) is 5.75 Å². The lowest BCUT2D eigenvalue weighted by Gasteiger charge is -2.39. The maximum Gasteiger partial charge on any atom is 0.246 e. The second-order valence-electron chi connectivity index (χ2n) is 6.18. The molecule has 2 heterocycles. The Morgan fingerprint density at radius 2 is 2.12 bits per heavy atom. The number of methoxy groups -OCH3 is 1. The first-order valence-corrected chi connectivity index (χ1v) is 9.28. The number of carbonyl (C=O) groups is 2. The van der Waals surface area contributed by atoms with E-state index in [0.717, 1.165) is 12.1 Å². The summed E-state index contributed by atoms with van der Waals surface area (Å²) in [5.74, 6) is 0.624. The van der Waals surface area contributed by atoms with Gasteiger partial charge in [-0.2, -0.15) is 11.3 Å². The van der Waals surface area contributed by atoms with Crippen molar-refractivity contribution >= 4 is 28.8 Å². The van der Waals surface area contributed by atoms with E-state index in [9.17, 15) is 9.59 Å². The molecule has 1 aliphatic heterocycles. The number of amides is 2. The molecule has 6 heteroatoms. The third-order valence-corrected chi connectivity index (χ3v) is 5.22. The SMILES string of the molecule is COc1ccccc1N1C[C@H](C)N(C(=O)CCc2ccsc2)CC1=O. The van der Waals surface area contributed by atoms with Crippen LogP contribution >= 0.6 is 11.3 Å². The zero-order chi connectivity index (χ0) is 17.8. The Morgan fingerprint density at radius 3 is 2.84 bits per heavy atom. The molecule has 1 atom stereocenters. The van der Waals surface area contributed by atoms with E-state index in [1.165, 1.54) is 5.56 Å². The molecule has 0 spiro atoms. The number of carbonyl (C=O) groups excluding carboxylic acids is 2. The Morgan fingerprint density at radius 1 is 1.32 bits per heavy atom. The molecule has 2 amide bonds. The monoisotopic (exact) mass is 358 g/mol. The van der Waals surface area contributed by atoms with E-state index in [2.05, 4.69) is 5.38 Å². The van der Waals surface area contributed by atoms with Crippen molar-refractivity contribution in [2.24, 2.45) is 0 Å². The number of rotatable bonds is 5. The van der Waals surface area contributed by atoms with Gasteiger partial charge in [-0.05, 0) is 47.9 Å². The summed E-state index contributed by atoms with van der Waals surface area (Å²) in [5, 5.41) is 4.07. The predicted octanol–water partition coefficient (Wildman–Crippen LogP) is 2.95. The molecule has 0 saturated carbocycles. The number of benzene rings is 1. The average molecular weight is 358 g/mol. The van der Waals surface area contributed by atoms with Gasteiger partial charge in [-0.25, -0.2) is 0 Å². The first kappa shape index (κ1) is 17.5. The van der Waals surface area contributed by atoms with Crippen LogP contribution in [0.5, 0.6) is 5.75 Å². The maximum absolute atomic E-state index is 12.6. The predicted molar refractivity (Wildman–Crippen MR) is 99.2 cm³/mol. The molecule has 3 rings (SSSR count). The fourth-order valence-electron chi connectivity index (χ4n) is 3.10. The van der Waals surface area contributed by atoms with Gasteiger partial charge in [0.15, 0.2) is 0 Å². The van der Waals surface area contributed by atoms with Crippen molar-refractivity contribution in [2.45, 2.75) is 25.8 Å². The molecular formula is C19H22N2O3S. The smallest absolute Gasteiger partial charge is 0.246 e. The molecule has 1 aromatic carbocycles. The van der Waals surface area contributed by atoms with Crippen LogP contribution in [-0.4, -0.2) is 43.0 Å². The summed E-state index contributed by atoms with van der Waals surface area (Å²) in [7, 11) is 1.59. The van der Waals surface area contributed by atoms with Crippen LogP contribution in [0.2, 0.25) is 0 Å². The van der Waals surface area contributed by atoms with E-state index in [1.54, 1.807) is 28.2 Å². The van der Waals surface area contributed by atoms with Gasteiger partial charge >= 0.3 is 0 Å². The second kappa shape index (κ2) is 7.70. The van der Waals surface area contributed by atoms with Crippen LogP contribution in [0.15, 0.2) is 41.1 Å². The van der Waals surface area contributed by atoms with Crippen molar-refractivity contribution < 1.29 is 14.3 Å². The van der Waals surface area contributed by atoms with Crippen LogP contribution < -0.4 is 9.64 Å². The summed E-state index contributed by atoms with van der Waals surface area (Å²) in [5.41, 5.74) is 1.93. The Balaban J connectivity index is 1.67. The number of hydrogen-bond acceptors (Lipinski definition) is 4. The van der Waals surface area contributed by atoms with E-state index in [4.69, 9.17) is 4.74 Å². The molecule has 5 nitrogen and oxygen atoms in total. The Labute approximate surface area is 151 Å². The highest BCUT2D eigenvalue weighted by atomic mass is 32.1. The zero-order valence-corrected chi connectivity index (χ0v) is 15.3. The molecule has 0 bridgehead atoms. The summed E-state index contributed by atoms with van der Waals surface area (Å²) in [4.78, 5) is 28.6. The highest BCUT2D eigenvalue weighted by Crippen LogP contribution is 2.30. The van der Waals surface area contributed by atoms with Crippen LogP contribution in [-0.2, 0) is 16.0 Å². The van der Waals surface area contributed by atoms with Crippen molar-refractivity contribution in [1.82, 2.24) is 4.90 Å². The Kier molecular flexibility index (Phi) is 5.38. The van der Waals surface area contributed by atoms with Gasteiger partial charge in [0.05, 0.1) is 12.8 Å². The number of para-hydroxylation sites is 2. The largest absolute Gasteiger partial charge is 0.495 e. The lowest BCUT2D eigenvalue weighted by atomic mass is 10.1. The van der Waals surface area contributed by atoms with Crippen molar-refractivity contribution in [2.75, 3.05) is 25.1 Å². The fraction of sp³-hybridized carbons (Fsp3) is 0.368. The van der Waals surface area contributed by atoms with Gasteiger partial charge in [0.25, 0.3) is 0 Å². The number of piperazine rings is 1. The number of ether oxygens (including phenoxy) is 1. The van der Waals surface area contributed by atoms with E-state index >= 15 is 0 Å². The number of thiophene rings is 1. The number of aryl methyl sites for hydroxylation is 1. The summed E-state index contributed by atoms with van der Waals surface area (Å²) >= 11 is 1.63. The van der Waals surface area contributed by atoms with Gasteiger partial charge in [-0.15, -0.1) is 0 Å². The van der Waals surface area contributed by atoms with Crippen molar-refractivity contribution in [1.29, 1.82) is 0 Å². The lowest BCUT2D eigenvalue weighted by molar-refractivity contribution is -0.139. The highest BCUT2D eigenvalue weighted by molar-refractivity contribution is 7.07. The second-order valence-corrected chi connectivity index (χ2v) is 6.96. The lowest BCUT2D eigenvalue weighted by Crippen LogP contribution is -2.57. The molecule has 2 aromatic rings. The maximum atomic E-state index is 12.6. The van der Waals surface area contributed by atoms with E-state index in [-0.39, 0.29) is 24.4 Å². The van der Waals surface area contributed by atoms with Gasteiger partial charge in [-0.1, -0.05) is 12.1 Å². The van der Waals surface area contributed by atoms with Crippen LogP contribution in [0.1, 0.15) is 18.9 Å². The minimum Gasteiger partial charge on any atom is -0.495 e. The first-order valence-electron chi connectivity index (χ1n) is 8.34. The van der Waals surface area contributed by atoms with E-state index in [1.807, 2.05) is 42.6 Å². The molecule has 132 valence electrons. The molecule has 1 saturated heterocycles. The third kappa shape index (κ3) is 3.85. The molecule has 0 radical (unpaired) electrons. The Hall–Kier alpha value is -2.34. The van der Waals surface area contributed by atoms with Gasteiger partial charge < -0.3 is 14.5 Å². The molecule has 0 unspecified atom stereocenters. The molecule has 1 aliphatic rings. The van der Waals surface area contributed by atoms with E-state index < -0.39 is 0 Å². The number of hydrogen-bond donors (Lipinski definition) is 0.